The highest BCUT2D eigenvalue weighted by molar-refractivity contribution is 6.08. The summed E-state index contributed by atoms with van der Waals surface area (Å²) in [6.07, 6.45) is -4.32. The molecule has 3 aromatic rings. The van der Waals surface area contributed by atoms with Gasteiger partial charge in [-0.2, -0.15) is 13.2 Å². The topological polar surface area (TPSA) is 72.2 Å². The van der Waals surface area contributed by atoms with Crippen molar-refractivity contribution in [3.05, 3.63) is 89.5 Å². The quantitative estimate of drug-likeness (QED) is 0.657. The standard InChI is InChI=1S/C22H17F3N2O2/c23-22(24,25)16-9-7-15(8-10-16)18-3-1-2-4-19(18)21(29)27-17-11-5-14(6-12-17)13-20(26)28/h1-12H,13H2,(H2,26,28)(H,27,29). The molecule has 0 saturated carbocycles. The minimum Gasteiger partial charge on any atom is -0.369 e. The lowest BCUT2D eigenvalue weighted by Gasteiger charge is -2.12. The fourth-order valence-electron chi connectivity index (χ4n) is 2.88. The number of anilines is 1. The molecule has 4 nitrogen and oxygen atoms in total. The third-order valence-corrected chi connectivity index (χ3v) is 4.29. The lowest BCUT2D eigenvalue weighted by atomic mass is 9.98. The Morgan fingerprint density at radius 2 is 1.48 bits per heavy atom. The van der Waals surface area contributed by atoms with Crippen molar-refractivity contribution in [2.45, 2.75) is 12.6 Å². The first-order chi connectivity index (χ1) is 13.7. The van der Waals surface area contributed by atoms with Crippen LogP contribution in [0.25, 0.3) is 11.1 Å². The normalized spacial score (nSPS) is 11.1. The summed E-state index contributed by atoms with van der Waals surface area (Å²) in [5.74, 6) is -0.851. The van der Waals surface area contributed by atoms with Crippen molar-refractivity contribution in [2.75, 3.05) is 5.32 Å². The average Bonchev–Trinajstić information content (AvgIpc) is 2.68. The van der Waals surface area contributed by atoms with Gasteiger partial charge in [0.1, 0.15) is 0 Å². The van der Waals surface area contributed by atoms with Crippen LogP contribution in [0.15, 0.2) is 72.8 Å². The lowest BCUT2D eigenvalue weighted by Crippen LogP contribution is -2.14. The number of hydrogen-bond acceptors (Lipinski definition) is 2. The summed E-state index contributed by atoms with van der Waals surface area (Å²) < 4.78 is 38.3. The molecule has 0 unspecified atom stereocenters. The van der Waals surface area contributed by atoms with E-state index < -0.39 is 23.6 Å². The summed E-state index contributed by atoms with van der Waals surface area (Å²) in [5, 5.41) is 2.75. The molecule has 0 saturated heterocycles. The number of benzene rings is 3. The Bertz CT molecular complexity index is 1030. The third-order valence-electron chi connectivity index (χ3n) is 4.29. The van der Waals surface area contributed by atoms with Gasteiger partial charge in [-0.1, -0.05) is 42.5 Å². The molecule has 0 fully saturated rings. The smallest absolute Gasteiger partial charge is 0.369 e. The van der Waals surface area contributed by atoms with Crippen LogP contribution in [-0.2, 0) is 17.4 Å². The van der Waals surface area contributed by atoms with E-state index in [9.17, 15) is 22.8 Å². The Labute approximate surface area is 165 Å². The van der Waals surface area contributed by atoms with Crippen LogP contribution in [0.3, 0.4) is 0 Å². The van der Waals surface area contributed by atoms with E-state index in [1.54, 1.807) is 48.5 Å². The van der Waals surface area contributed by atoms with Gasteiger partial charge in [0.15, 0.2) is 0 Å². The summed E-state index contributed by atoms with van der Waals surface area (Å²) in [5.41, 5.74) is 6.99. The van der Waals surface area contributed by atoms with E-state index in [1.165, 1.54) is 12.1 Å². The van der Waals surface area contributed by atoms with E-state index in [-0.39, 0.29) is 6.42 Å². The fourth-order valence-corrected chi connectivity index (χ4v) is 2.88. The van der Waals surface area contributed by atoms with Crippen LogP contribution in [0.5, 0.6) is 0 Å². The number of rotatable bonds is 5. The molecular weight excluding hydrogens is 381 g/mol. The lowest BCUT2D eigenvalue weighted by molar-refractivity contribution is -0.137. The molecule has 0 bridgehead atoms. The number of carbonyl (C=O) groups excluding carboxylic acids is 2. The average molecular weight is 398 g/mol. The number of alkyl halides is 3. The molecule has 0 aromatic heterocycles. The first-order valence-electron chi connectivity index (χ1n) is 8.69. The number of carbonyl (C=O) groups is 2. The largest absolute Gasteiger partial charge is 0.416 e. The minimum absolute atomic E-state index is 0.102. The Balaban J connectivity index is 1.83. The van der Waals surface area contributed by atoms with Crippen molar-refractivity contribution in [2.24, 2.45) is 5.73 Å². The van der Waals surface area contributed by atoms with Crippen LogP contribution < -0.4 is 11.1 Å². The molecule has 0 radical (unpaired) electrons. The monoisotopic (exact) mass is 398 g/mol. The van der Waals surface area contributed by atoms with Gasteiger partial charge in [0.05, 0.1) is 12.0 Å². The highest BCUT2D eigenvalue weighted by Gasteiger charge is 2.30. The van der Waals surface area contributed by atoms with Crippen LogP contribution >= 0.6 is 0 Å². The van der Waals surface area contributed by atoms with Gasteiger partial charge in [-0.25, -0.2) is 0 Å². The van der Waals surface area contributed by atoms with Gasteiger partial charge in [-0.15, -0.1) is 0 Å². The van der Waals surface area contributed by atoms with Crippen molar-refractivity contribution in [3.8, 4) is 11.1 Å². The molecule has 3 aromatic carbocycles. The second-order valence-corrected chi connectivity index (χ2v) is 6.41. The first kappa shape index (κ1) is 20.1. The van der Waals surface area contributed by atoms with E-state index >= 15 is 0 Å². The molecule has 2 amide bonds. The zero-order chi connectivity index (χ0) is 21.0. The highest BCUT2D eigenvalue weighted by Crippen LogP contribution is 2.32. The van der Waals surface area contributed by atoms with Gasteiger partial charge >= 0.3 is 6.18 Å². The van der Waals surface area contributed by atoms with Crippen molar-refractivity contribution >= 4 is 17.5 Å². The summed E-state index contributed by atoms with van der Waals surface area (Å²) in [7, 11) is 0. The van der Waals surface area contributed by atoms with Crippen molar-refractivity contribution in [3.63, 3.8) is 0 Å². The molecule has 7 heteroatoms. The van der Waals surface area contributed by atoms with E-state index in [0.29, 0.717) is 22.4 Å². The summed E-state index contributed by atoms with van der Waals surface area (Å²) in [6, 6.07) is 18.0. The van der Waals surface area contributed by atoms with E-state index in [4.69, 9.17) is 5.73 Å². The van der Waals surface area contributed by atoms with Gasteiger partial charge in [0.25, 0.3) is 5.91 Å². The Morgan fingerprint density at radius 1 is 0.862 bits per heavy atom. The van der Waals surface area contributed by atoms with Crippen LogP contribution in [0.1, 0.15) is 21.5 Å². The fraction of sp³-hybridized carbons (Fsp3) is 0.0909. The predicted molar refractivity (Wildman–Crippen MR) is 104 cm³/mol. The third kappa shape index (κ3) is 5.01. The number of nitrogens with one attached hydrogen (secondary N) is 1. The summed E-state index contributed by atoms with van der Waals surface area (Å²) in [4.78, 5) is 23.7. The molecular formula is C22H17F3N2O2. The number of nitrogens with two attached hydrogens (primary N) is 1. The van der Waals surface area contributed by atoms with Crippen molar-refractivity contribution in [1.82, 2.24) is 0 Å². The maximum atomic E-state index is 12.8. The van der Waals surface area contributed by atoms with E-state index in [2.05, 4.69) is 5.32 Å². The molecule has 0 spiro atoms. The first-order valence-corrected chi connectivity index (χ1v) is 8.69. The van der Waals surface area contributed by atoms with Gasteiger partial charge in [-0.05, 0) is 47.0 Å². The number of primary amides is 1. The number of amides is 2. The molecule has 0 aliphatic rings. The maximum absolute atomic E-state index is 12.8. The van der Waals surface area contributed by atoms with Crippen LogP contribution in [0, 0.1) is 0 Å². The Morgan fingerprint density at radius 3 is 2.07 bits per heavy atom. The molecule has 148 valence electrons. The second-order valence-electron chi connectivity index (χ2n) is 6.41. The number of hydrogen-bond donors (Lipinski definition) is 2. The number of halogens is 3. The Kier molecular flexibility index (Phi) is 5.68. The predicted octanol–water partition coefficient (Wildman–Crippen LogP) is 4.65. The van der Waals surface area contributed by atoms with Crippen LogP contribution in [-0.4, -0.2) is 11.8 Å². The van der Waals surface area contributed by atoms with Gasteiger partial charge in [-0.3, -0.25) is 9.59 Å². The van der Waals surface area contributed by atoms with Gasteiger partial charge in [0, 0.05) is 11.3 Å². The SMILES string of the molecule is NC(=O)Cc1ccc(NC(=O)c2ccccc2-c2ccc(C(F)(F)F)cc2)cc1. The maximum Gasteiger partial charge on any atom is 0.416 e. The van der Waals surface area contributed by atoms with Gasteiger partial charge < -0.3 is 11.1 Å². The summed E-state index contributed by atoms with van der Waals surface area (Å²) in [6.45, 7) is 0. The molecule has 0 aliphatic heterocycles. The molecule has 0 atom stereocenters. The zero-order valence-corrected chi connectivity index (χ0v) is 15.2. The zero-order valence-electron chi connectivity index (χ0n) is 15.2. The van der Waals surface area contributed by atoms with Crippen molar-refractivity contribution in [1.29, 1.82) is 0 Å². The highest BCUT2D eigenvalue weighted by atomic mass is 19.4. The van der Waals surface area contributed by atoms with Crippen molar-refractivity contribution < 1.29 is 22.8 Å². The van der Waals surface area contributed by atoms with Gasteiger partial charge in [0.2, 0.25) is 5.91 Å². The van der Waals surface area contributed by atoms with Crippen LogP contribution in [0.4, 0.5) is 18.9 Å². The van der Waals surface area contributed by atoms with Crippen LogP contribution in [0.2, 0.25) is 0 Å². The Hall–Kier alpha value is -3.61. The summed E-state index contributed by atoms with van der Waals surface area (Å²) >= 11 is 0. The second kappa shape index (κ2) is 8.18. The minimum atomic E-state index is -4.42. The molecule has 3 N–H and O–H groups in total. The molecule has 3 rings (SSSR count). The van der Waals surface area contributed by atoms with E-state index in [1.807, 2.05) is 0 Å². The van der Waals surface area contributed by atoms with E-state index in [0.717, 1.165) is 17.7 Å². The molecule has 29 heavy (non-hydrogen) atoms. The molecule has 0 heterocycles. The molecule has 0 aliphatic carbocycles.